The van der Waals surface area contributed by atoms with Gasteiger partial charge in [0.1, 0.15) is 11.5 Å². The minimum absolute atomic E-state index is 0.0388. The summed E-state index contributed by atoms with van der Waals surface area (Å²) in [5.41, 5.74) is 1.07. The molecular formula is C22H32O3. The van der Waals surface area contributed by atoms with Gasteiger partial charge in [-0.2, -0.15) is 0 Å². The van der Waals surface area contributed by atoms with E-state index in [1.54, 1.807) is 7.11 Å². The molecule has 0 saturated heterocycles. The summed E-state index contributed by atoms with van der Waals surface area (Å²) < 4.78 is 11.1. The molecule has 1 rings (SSSR count). The molecule has 0 aromatic heterocycles. The van der Waals surface area contributed by atoms with Gasteiger partial charge in [0.25, 0.3) is 0 Å². The van der Waals surface area contributed by atoms with E-state index < -0.39 is 0 Å². The fourth-order valence-corrected chi connectivity index (χ4v) is 2.86. The number of allylic oxidation sites excluding steroid dienone is 2. The number of Topliss-reactive ketones (excluding diaryl/α,β-unsaturated/α-hetero) is 1. The lowest BCUT2D eigenvalue weighted by Gasteiger charge is -2.25. The number of hydrogen-bond donors (Lipinski definition) is 0. The van der Waals surface area contributed by atoms with E-state index in [4.69, 9.17) is 9.47 Å². The van der Waals surface area contributed by atoms with E-state index in [0.717, 1.165) is 30.6 Å². The van der Waals surface area contributed by atoms with Crippen LogP contribution in [-0.2, 0) is 16.1 Å². The van der Waals surface area contributed by atoms with Gasteiger partial charge in [-0.15, -0.1) is 13.2 Å². The van der Waals surface area contributed by atoms with Crippen LogP contribution in [0.25, 0.3) is 0 Å². The average molecular weight is 344 g/mol. The van der Waals surface area contributed by atoms with Gasteiger partial charge < -0.3 is 9.47 Å². The van der Waals surface area contributed by atoms with E-state index in [9.17, 15) is 4.79 Å². The maximum Gasteiger partial charge on any atom is 0.141 e. The van der Waals surface area contributed by atoms with Crippen molar-refractivity contribution >= 4 is 5.78 Å². The summed E-state index contributed by atoms with van der Waals surface area (Å²) in [6.07, 6.45) is 7.06. The van der Waals surface area contributed by atoms with Crippen molar-refractivity contribution < 1.29 is 14.3 Å². The lowest BCUT2D eigenvalue weighted by Crippen LogP contribution is -2.32. The van der Waals surface area contributed by atoms with Crippen LogP contribution in [0.1, 0.15) is 45.1 Å². The number of benzene rings is 1. The van der Waals surface area contributed by atoms with Gasteiger partial charge in [0.05, 0.1) is 19.8 Å². The van der Waals surface area contributed by atoms with Gasteiger partial charge in [-0.1, -0.05) is 31.2 Å². The number of ether oxygens (including phenoxy) is 2. The Bertz CT molecular complexity index is 533. The van der Waals surface area contributed by atoms with Gasteiger partial charge in [-0.25, -0.2) is 0 Å². The average Bonchev–Trinajstić information content (AvgIpc) is 2.64. The normalized spacial score (nSPS) is 14.4. The minimum Gasteiger partial charge on any atom is -0.497 e. The Hall–Kier alpha value is -1.87. The van der Waals surface area contributed by atoms with Crippen LogP contribution < -0.4 is 4.74 Å². The molecule has 138 valence electrons. The van der Waals surface area contributed by atoms with Gasteiger partial charge in [-0.3, -0.25) is 4.79 Å². The third-order valence-corrected chi connectivity index (χ3v) is 4.56. The van der Waals surface area contributed by atoms with E-state index in [2.05, 4.69) is 13.2 Å². The third-order valence-electron chi connectivity index (χ3n) is 4.56. The number of rotatable bonds is 13. The zero-order valence-corrected chi connectivity index (χ0v) is 15.9. The summed E-state index contributed by atoms with van der Waals surface area (Å²) in [4.78, 5) is 12.8. The second-order valence-electron chi connectivity index (χ2n) is 6.52. The summed E-state index contributed by atoms with van der Waals surface area (Å²) in [5.74, 6) is 0.988. The van der Waals surface area contributed by atoms with Crippen molar-refractivity contribution in [2.24, 2.45) is 11.8 Å². The molecule has 0 aliphatic rings. The van der Waals surface area contributed by atoms with Gasteiger partial charge >= 0.3 is 0 Å². The molecule has 0 N–H and O–H groups in total. The monoisotopic (exact) mass is 344 g/mol. The van der Waals surface area contributed by atoms with Crippen molar-refractivity contribution in [3.8, 4) is 5.75 Å². The predicted molar refractivity (Wildman–Crippen MR) is 104 cm³/mol. The molecule has 0 fully saturated rings. The highest BCUT2D eigenvalue weighted by molar-refractivity contribution is 5.83. The fraction of sp³-hybridized carbons (Fsp3) is 0.500. The van der Waals surface area contributed by atoms with Crippen LogP contribution in [0.4, 0.5) is 0 Å². The van der Waals surface area contributed by atoms with Gasteiger partial charge in [0, 0.05) is 11.8 Å². The van der Waals surface area contributed by atoms with Crippen molar-refractivity contribution in [2.45, 2.75) is 52.2 Å². The Balaban J connectivity index is 2.61. The number of carbonyl (C=O) groups excluding carboxylic acids is 1. The first-order chi connectivity index (χ1) is 12.0. The number of ketones is 1. The van der Waals surface area contributed by atoms with Crippen LogP contribution in [0, 0.1) is 11.8 Å². The molecule has 0 amide bonds. The fourth-order valence-electron chi connectivity index (χ4n) is 2.86. The molecule has 0 unspecified atom stereocenters. The molecule has 0 bridgehead atoms. The molecule has 3 heteroatoms. The highest BCUT2D eigenvalue weighted by Gasteiger charge is 2.28. The Labute approximate surface area is 152 Å². The van der Waals surface area contributed by atoms with Crippen molar-refractivity contribution in [1.82, 2.24) is 0 Å². The van der Waals surface area contributed by atoms with E-state index in [0.29, 0.717) is 13.0 Å². The number of methoxy groups -OCH3 is 1. The molecule has 0 aliphatic heterocycles. The molecule has 1 aromatic carbocycles. The molecule has 0 aliphatic carbocycles. The lowest BCUT2D eigenvalue weighted by molar-refractivity contribution is -0.131. The van der Waals surface area contributed by atoms with Crippen LogP contribution in [-0.4, -0.2) is 19.0 Å². The maximum absolute atomic E-state index is 12.8. The molecule has 25 heavy (non-hydrogen) atoms. The second-order valence-corrected chi connectivity index (χ2v) is 6.52. The quantitative estimate of drug-likeness (QED) is 0.357. The third kappa shape index (κ3) is 7.27. The Morgan fingerprint density at radius 2 is 1.84 bits per heavy atom. The minimum atomic E-state index is -0.144. The van der Waals surface area contributed by atoms with Gasteiger partial charge in [-0.05, 0) is 50.3 Å². The summed E-state index contributed by atoms with van der Waals surface area (Å²) in [7, 11) is 1.65. The topological polar surface area (TPSA) is 35.5 Å². The maximum atomic E-state index is 12.8. The highest BCUT2D eigenvalue weighted by Crippen LogP contribution is 2.23. The van der Waals surface area contributed by atoms with Crippen molar-refractivity contribution in [1.29, 1.82) is 0 Å². The van der Waals surface area contributed by atoms with Gasteiger partial charge in [0.2, 0.25) is 0 Å². The summed E-state index contributed by atoms with van der Waals surface area (Å²) >= 11 is 0. The first-order valence-electron chi connectivity index (χ1n) is 9.03. The van der Waals surface area contributed by atoms with E-state index in [1.165, 1.54) is 0 Å². The first-order valence-corrected chi connectivity index (χ1v) is 9.03. The predicted octanol–water partition coefficient (Wildman–Crippen LogP) is 5.35. The molecule has 0 saturated carbocycles. The van der Waals surface area contributed by atoms with Crippen LogP contribution in [0.3, 0.4) is 0 Å². The largest absolute Gasteiger partial charge is 0.497 e. The molecular weight excluding hydrogens is 312 g/mol. The van der Waals surface area contributed by atoms with Crippen LogP contribution in [0.5, 0.6) is 5.75 Å². The van der Waals surface area contributed by atoms with Crippen LogP contribution >= 0.6 is 0 Å². The molecule has 3 atom stereocenters. The second kappa shape index (κ2) is 11.6. The summed E-state index contributed by atoms with van der Waals surface area (Å²) in [6, 6.07) is 7.79. The van der Waals surface area contributed by atoms with Gasteiger partial charge in [0.15, 0.2) is 0 Å². The zero-order chi connectivity index (χ0) is 18.7. The lowest BCUT2D eigenvalue weighted by atomic mass is 9.85. The van der Waals surface area contributed by atoms with Crippen LogP contribution in [0.2, 0.25) is 0 Å². The smallest absolute Gasteiger partial charge is 0.141 e. The number of carbonyl (C=O) groups is 1. The Morgan fingerprint density at radius 3 is 2.40 bits per heavy atom. The molecule has 0 heterocycles. The summed E-state index contributed by atoms with van der Waals surface area (Å²) in [5, 5.41) is 0. The number of hydrogen-bond acceptors (Lipinski definition) is 3. The van der Waals surface area contributed by atoms with E-state index >= 15 is 0 Å². The van der Waals surface area contributed by atoms with Crippen molar-refractivity contribution in [2.75, 3.05) is 7.11 Å². The summed E-state index contributed by atoms with van der Waals surface area (Å²) in [6.45, 7) is 12.0. The SMILES string of the molecule is C=CCCC[C@H](C)C(=O)[C@@H](CC=C)[C@H](C)OCc1ccc(OC)cc1. The van der Waals surface area contributed by atoms with Crippen LogP contribution in [0.15, 0.2) is 49.6 Å². The highest BCUT2D eigenvalue weighted by atomic mass is 16.5. The van der Waals surface area contributed by atoms with Crippen molar-refractivity contribution in [3.05, 3.63) is 55.1 Å². The van der Waals surface area contributed by atoms with E-state index in [1.807, 2.05) is 50.3 Å². The standard InChI is InChI=1S/C22H32O3/c1-6-8-9-11-17(3)22(23)21(10-7-2)18(4)25-16-19-12-14-20(24-5)15-13-19/h6-7,12-15,17-18,21H,1-2,8-11,16H2,3-5H3/t17-,18-,21-/m0/s1. The molecule has 1 aromatic rings. The van der Waals surface area contributed by atoms with Crippen molar-refractivity contribution in [3.63, 3.8) is 0 Å². The zero-order valence-electron chi connectivity index (χ0n) is 15.9. The Kier molecular flexibility index (Phi) is 9.86. The Morgan fingerprint density at radius 1 is 1.16 bits per heavy atom. The molecule has 0 radical (unpaired) electrons. The first kappa shape index (κ1) is 21.2. The molecule has 3 nitrogen and oxygen atoms in total. The van der Waals surface area contributed by atoms with E-state index in [-0.39, 0.29) is 23.7 Å². The molecule has 0 spiro atoms. The number of unbranched alkanes of at least 4 members (excludes halogenated alkanes) is 1.